The van der Waals surface area contributed by atoms with Crippen molar-refractivity contribution in [1.29, 1.82) is 0 Å². The molecule has 1 aromatic rings. The van der Waals surface area contributed by atoms with Crippen LogP contribution in [0.1, 0.15) is 13.3 Å². The Morgan fingerprint density at radius 3 is 2.50 bits per heavy atom. The molecule has 0 spiro atoms. The van der Waals surface area contributed by atoms with Crippen LogP contribution in [0.15, 0.2) is 36.0 Å². The Bertz CT molecular complexity index is 505. The van der Waals surface area contributed by atoms with E-state index in [0.29, 0.717) is 12.2 Å². The highest BCUT2D eigenvalue weighted by atomic mass is 16.3. The lowest BCUT2D eigenvalue weighted by atomic mass is 10.3. The minimum Gasteiger partial charge on any atom is -0.508 e. The van der Waals surface area contributed by atoms with Crippen molar-refractivity contribution in [3.63, 3.8) is 0 Å². The Balaban J connectivity index is 2.11. The number of hydrogen-bond acceptors (Lipinski definition) is 4. The van der Waals surface area contributed by atoms with Crippen molar-refractivity contribution in [2.75, 3.05) is 11.9 Å². The van der Waals surface area contributed by atoms with Crippen molar-refractivity contribution in [1.82, 2.24) is 4.90 Å². The Labute approximate surface area is 105 Å². The number of nitrogens with one attached hydrogen (secondary N) is 1. The number of amides is 2. The first-order valence-electron chi connectivity index (χ1n) is 5.75. The van der Waals surface area contributed by atoms with Gasteiger partial charge in [-0.05, 0) is 30.7 Å². The second-order valence-corrected chi connectivity index (χ2v) is 4.02. The largest absolute Gasteiger partial charge is 0.508 e. The van der Waals surface area contributed by atoms with Gasteiger partial charge in [0.15, 0.2) is 0 Å². The Morgan fingerprint density at radius 1 is 1.22 bits per heavy atom. The van der Waals surface area contributed by atoms with E-state index in [1.165, 1.54) is 23.1 Å². The van der Waals surface area contributed by atoms with Crippen molar-refractivity contribution in [2.24, 2.45) is 0 Å². The second-order valence-electron chi connectivity index (χ2n) is 4.02. The molecule has 5 nitrogen and oxygen atoms in total. The van der Waals surface area contributed by atoms with E-state index in [0.717, 1.165) is 6.42 Å². The second kappa shape index (κ2) is 4.91. The van der Waals surface area contributed by atoms with Crippen LogP contribution in [0.4, 0.5) is 5.69 Å². The van der Waals surface area contributed by atoms with E-state index in [9.17, 15) is 9.59 Å². The van der Waals surface area contributed by atoms with Gasteiger partial charge in [0.05, 0.1) is 0 Å². The molecule has 0 saturated carbocycles. The average molecular weight is 246 g/mol. The highest BCUT2D eigenvalue weighted by Crippen LogP contribution is 2.19. The lowest BCUT2D eigenvalue weighted by Gasteiger charge is -2.13. The standard InChI is InChI=1S/C13H14N2O3/c1-2-7-15-12(17)8-11(13(15)18)14-9-3-5-10(16)6-4-9/h3-6,8,14,16H,2,7H2,1H3. The molecule has 2 N–H and O–H groups in total. The molecule has 0 aromatic heterocycles. The molecule has 2 rings (SSSR count). The normalized spacial score (nSPS) is 14.9. The quantitative estimate of drug-likeness (QED) is 0.623. The van der Waals surface area contributed by atoms with Gasteiger partial charge in [-0.2, -0.15) is 0 Å². The number of aromatic hydroxyl groups is 1. The van der Waals surface area contributed by atoms with Crippen molar-refractivity contribution >= 4 is 17.5 Å². The SMILES string of the molecule is CCCN1C(=O)C=C(Nc2ccc(O)cc2)C1=O. The highest BCUT2D eigenvalue weighted by Gasteiger charge is 2.30. The molecular formula is C13H14N2O3. The van der Waals surface area contributed by atoms with Crippen LogP contribution in [-0.2, 0) is 9.59 Å². The summed E-state index contributed by atoms with van der Waals surface area (Å²) in [4.78, 5) is 24.7. The third-order valence-corrected chi connectivity index (χ3v) is 2.60. The summed E-state index contributed by atoms with van der Waals surface area (Å²) in [6, 6.07) is 6.29. The van der Waals surface area contributed by atoms with Gasteiger partial charge >= 0.3 is 0 Å². The van der Waals surface area contributed by atoms with Crippen LogP contribution in [0, 0.1) is 0 Å². The number of anilines is 1. The fourth-order valence-corrected chi connectivity index (χ4v) is 1.73. The fraction of sp³-hybridized carbons (Fsp3) is 0.231. The molecule has 1 heterocycles. The molecule has 1 aliphatic rings. The molecule has 5 heteroatoms. The summed E-state index contributed by atoms with van der Waals surface area (Å²) in [7, 11) is 0. The molecule has 1 aliphatic heterocycles. The number of imide groups is 1. The zero-order valence-corrected chi connectivity index (χ0v) is 10.0. The number of phenols is 1. The number of carbonyl (C=O) groups excluding carboxylic acids is 2. The summed E-state index contributed by atoms with van der Waals surface area (Å²) >= 11 is 0. The van der Waals surface area contributed by atoms with Crippen LogP contribution in [-0.4, -0.2) is 28.4 Å². The van der Waals surface area contributed by atoms with Gasteiger partial charge in [0.2, 0.25) is 0 Å². The number of carbonyl (C=O) groups is 2. The summed E-state index contributed by atoms with van der Waals surface area (Å²) in [6.45, 7) is 2.33. The van der Waals surface area contributed by atoms with Gasteiger partial charge in [0.1, 0.15) is 11.4 Å². The Kier molecular flexibility index (Phi) is 3.32. The number of rotatable bonds is 4. The van der Waals surface area contributed by atoms with E-state index >= 15 is 0 Å². The van der Waals surface area contributed by atoms with Crippen LogP contribution in [0.3, 0.4) is 0 Å². The first-order chi connectivity index (χ1) is 8.61. The number of nitrogens with zero attached hydrogens (tertiary/aromatic N) is 1. The first kappa shape index (κ1) is 12.2. The van der Waals surface area contributed by atoms with Gasteiger partial charge in [-0.25, -0.2) is 0 Å². The van der Waals surface area contributed by atoms with Gasteiger partial charge in [0.25, 0.3) is 11.8 Å². The molecule has 1 aromatic carbocycles. The summed E-state index contributed by atoms with van der Waals surface area (Å²) < 4.78 is 0. The molecule has 0 aliphatic carbocycles. The Morgan fingerprint density at radius 2 is 1.89 bits per heavy atom. The van der Waals surface area contributed by atoms with Crippen molar-refractivity contribution in [3.8, 4) is 5.75 Å². The van der Waals surface area contributed by atoms with Crippen molar-refractivity contribution in [3.05, 3.63) is 36.0 Å². The van der Waals surface area contributed by atoms with Gasteiger partial charge in [0, 0.05) is 18.3 Å². The molecule has 0 saturated heterocycles. The van der Waals surface area contributed by atoms with E-state index in [4.69, 9.17) is 5.11 Å². The highest BCUT2D eigenvalue weighted by molar-refractivity contribution is 6.17. The first-order valence-corrected chi connectivity index (χ1v) is 5.75. The van der Waals surface area contributed by atoms with E-state index < -0.39 is 0 Å². The summed E-state index contributed by atoms with van der Waals surface area (Å²) in [5.41, 5.74) is 0.915. The lowest BCUT2D eigenvalue weighted by Crippen LogP contribution is -2.32. The lowest BCUT2D eigenvalue weighted by molar-refractivity contribution is -0.137. The minimum absolute atomic E-state index is 0.149. The minimum atomic E-state index is -0.310. The van der Waals surface area contributed by atoms with E-state index in [2.05, 4.69) is 5.32 Å². The van der Waals surface area contributed by atoms with E-state index in [1.54, 1.807) is 12.1 Å². The van der Waals surface area contributed by atoms with E-state index in [1.807, 2.05) is 6.92 Å². The number of phenolic OH excluding ortho intramolecular Hbond substituents is 1. The van der Waals surface area contributed by atoms with Crippen LogP contribution in [0.5, 0.6) is 5.75 Å². The monoisotopic (exact) mass is 246 g/mol. The summed E-state index contributed by atoms with van der Waals surface area (Å²) in [5, 5.41) is 12.0. The predicted molar refractivity (Wildman–Crippen MR) is 66.8 cm³/mol. The number of benzene rings is 1. The van der Waals surface area contributed by atoms with Gasteiger partial charge in [-0.15, -0.1) is 0 Å². The van der Waals surface area contributed by atoms with Crippen LogP contribution >= 0.6 is 0 Å². The zero-order valence-electron chi connectivity index (χ0n) is 10.0. The molecule has 2 amide bonds. The third-order valence-electron chi connectivity index (χ3n) is 2.60. The Hall–Kier alpha value is -2.30. The van der Waals surface area contributed by atoms with Gasteiger partial charge < -0.3 is 10.4 Å². The maximum absolute atomic E-state index is 11.9. The molecule has 0 bridgehead atoms. The molecule has 94 valence electrons. The molecule has 0 fully saturated rings. The molecule has 0 unspecified atom stereocenters. The summed E-state index contributed by atoms with van der Waals surface area (Å²) in [5.74, 6) is -0.450. The van der Waals surface area contributed by atoms with Crippen LogP contribution in [0.2, 0.25) is 0 Å². The molecule has 0 radical (unpaired) electrons. The maximum Gasteiger partial charge on any atom is 0.277 e. The van der Waals surface area contributed by atoms with Gasteiger partial charge in [-0.1, -0.05) is 6.92 Å². The predicted octanol–water partition coefficient (Wildman–Crippen LogP) is 1.47. The average Bonchev–Trinajstić information content (AvgIpc) is 2.60. The van der Waals surface area contributed by atoms with Crippen molar-refractivity contribution < 1.29 is 14.7 Å². The molecular weight excluding hydrogens is 232 g/mol. The zero-order chi connectivity index (χ0) is 13.1. The smallest absolute Gasteiger partial charge is 0.277 e. The maximum atomic E-state index is 11.9. The van der Waals surface area contributed by atoms with Crippen LogP contribution < -0.4 is 5.32 Å². The number of hydrogen-bond donors (Lipinski definition) is 2. The molecule has 0 atom stereocenters. The molecule has 18 heavy (non-hydrogen) atoms. The van der Waals surface area contributed by atoms with E-state index in [-0.39, 0.29) is 23.3 Å². The summed E-state index contributed by atoms with van der Waals surface area (Å²) in [6.07, 6.45) is 2.03. The van der Waals surface area contributed by atoms with Crippen molar-refractivity contribution in [2.45, 2.75) is 13.3 Å². The van der Waals surface area contributed by atoms with Crippen LogP contribution in [0.25, 0.3) is 0 Å². The third kappa shape index (κ3) is 2.34. The topological polar surface area (TPSA) is 69.6 Å². The van der Waals surface area contributed by atoms with Gasteiger partial charge in [-0.3, -0.25) is 14.5 Å². The fourth-order valence-electron chi connectivity index (χ4n) is 1.73.